The van der Waals surface area contributed by atoms with Gasteiger partial charge in [0.25, 0.3) is 5.91 Å². The van der Waals surface area contributed by atoms with E-state index in [0.29, 0.717) is 11.5 Å². The van der Waals surface area contributed by atoms with Crippen molar-refractivity contribution in [3.8, 4) is 0 Å². The molecular weight excluding hydrogens is 276 g/mol. The SMILES string of the molecule is CNc1cc(C(=O)Nc2c(F)ccc(C)c2F)cc(C)n1. The number of pyridine rings is 1. The number of anilines is 2. The van der Waals surface area contributed by atoms with E-state index in [1.54, 1.807) is 20.0 Å². The molecule has 21 heavy (non-hydrogen) atoms. The van der Waals surface area contributed by atoms with Crippen LogP contribution in [-0.2, 0) is 0 Å². The number of nitrogens with zero attached hydrogens (tertiary/aromatic N) is 1. The maximum atomic E-state index is 13.9. The summed E-state index contributed by atoms with van der Waals surface area (Å²) in [6.45, 7) is 3.23. The van der Waals surface area contributed by atoms with Crippen molar-refractivity contribution in [2.45, 2.75) is 13.8 Å². The minimum absolute atomic E-state index is 0.258. The highest BCUT2D eigenvalue weighted by Crippen LogP contribution is 2.22. The van der Waals surface area contributed by atoms with E-state index in [4.69, 9.17) is 0 Å². The number of hydrogen-bond donors (Lipinski definition) is 2. The summed E-state index contributed by atoms with van der Waals surface area (Å²) in [6.07, 6.45) is 0. The normalized spacial score (nSPS) is 10.3. The molecule has 0 fully saturated rings. The van der Waals surface area contributed by atoms with Crippen LogP contribution in [0.5, 0.6) is 0 Å². The Labute approximate surface area is 121 Å². The number of carbonyl (C=O) groups is 1. The lowest BCUT2D eigenvalue weighted by atomic mass is 10.1. The van der Waals surface area contributed by atoms with Crippen molar-refractivity contribution in [1.82, 2.24) is 4.98 Å². The number of halogens is 2. The van der Waals surface area contributed by atoms with E-state index in [-0.39, 0.29) is 11.1 Å². The highest BCUT2D eigenvalue weighted by molar-refractivity contribution is 6.04. The van der Waals surface area contributed by atoms with Crippen LogP contribution in [0.4, 0.5) is 20.3 Å². The van der Waals surface area contributed by atoms with Crippen molar-refractivity contribution in [3.63, 3.8) is 0 Å². The predicted molar refractivity (Wildman–Crippen MR) is 77.6 cm³/mol. The molecule has 2 aromatic rings. The molecule has 0 unspecified atom stereocenters. The van der Waals surface area contributed by atoms with Crippen LogP contribution in [0.25, 0.3) is 0 Å². The Morgan fingerprint density at radius 1 is 1.19 bits per heavy atom. The summed E-state index contributed by atoms with van der Waals surface area (Å²) in [6, 6.07) is 5.48. The zero-order valence-electron chi connectivity index (χ0n) is 11.9. The molecule has 1 aromatic carbocycles. The molecule has 0 radical (unpaired) electrons. The third-order valence-electron chi connectivity index (χ3n) is 2.99. The van der Waals surface area contributed by atoms with Crippen molar-refractivity contribution < 1.29 is 13.6 Å². The molecule has 0 bridgehead atoms. The van der Waals surface area contributed by atoms with Crippen LogP contribution in [0.1, 0.15) is 21.6 Å². The van der Waals surface area contributed by atoms with Gasteiger partial charge < -0.3 is 10.6 Å². The monoisotopic (exact) mass is 291 g/mol. The summed E-state index contributed by atoms with van der Waals surface area (Å²) >= 11 is 0. The van der Waals surface area contributed by atoms with Gasteiger partial charge in [-0.05, 0) is 37.6 Å². The van der Waals surface area contributed by atoms with Gasteiger partial charge in [0, 0.05) is 18.3 Å². The van der Waals surface area contributed by atoms with Crippen molar-refractivity contribution >= 4 is 17.4 Å². The first-order valence-electron chi connectivity index (χ1n) is 6.34. The number of amides is 1. The van der Waals surface area contributed by atoms with Crippen molar-refractivity contribution in [2.24, 2.45) is 0 Å². The molecule has 0 atom stereocenters. The van der Waals surface area contributed by atoms with E-state index in [0.717, 1.165) is 6.07 Å². The molecule has 0 aliphatic heterocycles. The van der Waals surface area contributed by atoms with Gasteiger partial charge in [-0.1, -0.05) is 6.07 Å². The molecule has 0 saturated heterocycles. The molecule has 6 heteroatoms. The molecule has 2 N–H and O–H groups in total. The van der Waals surface area contributed by atoms with E-state index in [9.17, 15) is 13.6 Å². The largest absolute Gasteiger partial charge is 0.373 e. The lowest BCUT2D eigenvalue weighted by molar-refractivity contribution is 0.102. The highest BCUT2D eigenvalue weighted by Gasteiger charge is 2.16. The van der Waals surface area contributed by atoms with Gasteiger partial charge >= 0.3 is 0 Å². The first-order valence-corrected chi connectivity index (χ1v) is 6.34. The van der Waals surface area contributed by atoms with Gasteiger partial charge in [-0.15, -0.1) is 0 Å². The van der Waals surface area contributed by atoms with Gasteiger partial charge in [0.2, 0.25) is 0 Å². The van der Waals surface area contributed by atoms with Gasteiger partial charge in [-0.25, -0.2) is 13.8 Å². The second-order valence-corrected chi connectivity index (χ2v) is 4.64. The van der Waals surface area contributed by atoms with Gasteiger partial charge in [0.15, 0.2) is 5.82 Å². The molecule has 0 spiro atoms. The molecule has 1 heterocycles. The third-order valence-corrected chi connectivity index (χ3v) is 2.99. The van der Waals surface area contributed by atoms with Crippen LogP contribution in [0.15, 0.2) is 24.3 Å². The summed E-state index contributed by atoms with van der Waals surface area (Å²) in [4.78, 5) is 16.3. The molecule has 4 nitrogen and oxygen atoms in total. The molecule has 0 saturated carbocycles. The second-order valence-electron chi connectivity index (χ2n) is 4.64. The van der Waals surface area contributed by atoms with Crippen LogP contribution < -0.4 is 10.6 Å². The van der Waals surface area contributed by atoms with Crippen LogP contribution in [0, 0.1) is 25.5 Å². The maximum absolute atomic E-state index is 13.9. The van der Waals surface area contributed by atoms with Crippen molar-refractivity contribution in [1.29, 1.82) is 0 Å². The number of hydrogen-bond acceptors (Lipinski definition) is 3. The number of nitrogens with one attached hydrogen (secondary N) is 2. The topological polar surface area (TPSA) is 54.0 Å². The summed E-state index contributed by atoms with van der Waals surface area (Å²) < 4.78 is 27.5. The first kappa shape index (κ1) is 14.9. The Morgan fingerprint density at radius 3 is 2.57 bits per heavy atom. The van der Waals surface area contributed by atoms with Crippen LogP contribution in [0.2, 0.25) is 0 Å². The Balaban J connectivity index is 2.35. The first-order chi connectivity index (χ1) is 9.92. The second kappa shape index (κ2) is 5.87. The number of aromatic nitrogens is 1. The van der Waals surface area contributed by atoms with Crippen LogP contribution >= 0.6 is 0 Å². The lowest BCUT2D eigenvalue weighted by Crippen LogP contribution is -2.15. The molecule has 1 amide bonds. The predicted octanol–water partition coefficient (Wildman–Crippen LogP) is 3.27. The van der Waals surface area contributed by atoms with E-state index in [1.807, 2.05) is 0 Å². The lowest BCUT2D eigenvalue weighted by Gasteiger charge is -2.10. The van der Waals surface area contributed by atoms with E-state index in [2.05, 4.69) is 15.6 Å². The average Bonchev–Trinajstić information content (AvgIpc) is 2.46. The molecule has 1 aromatic heterocycles. The summed E-state index contributed by atoms with van der Waals surface area (Å²) in [5.41, 5.74) is 0.707. The van der Waals surface area contributed by atoms with Crippen molar-refractivity contribution in [3.05, 3.63) is 52.7 Å². The van der Waals surface area contributed by atoms with E-state index < -0.39 is 23.2 Å². The van der Waals surface area contributed by atoms with E-state index in [1.165, 1.54) is 19.1 Å². The minimum atomic E-state index is -0.814. The van der Waals surface area contributed by atoms with Gasteiger partial charge in [0.05, 0.1) is 0 Å². The fourth-order valence-electron chi connectivity index (χ4n) is 1.88. The molecular formula is C15H15F2N3O. The zero-order chi connectivity index (χ0) is 15.6. The Kier molecular flexibility index (Phi) is 4.16. The van der Waals surface area contributed by atoms with E-state index >= 15 is 0 Å². The quantitative estimate of drug-likeness (QED) is 0.912. The number of aryl methyl sites for hydroxylation is 2. The molecule has 0 aliphatic rings. The highest BCUT2D eigenvalue weighted by atomic mass is 19.1. The smallest absolute Gasteiger partial charge is 0.256 e. The maximum Gasteiger partial charge on any atom is 0.256 e. The van der Waals surface area contributed by atoms with Gasteiger partial charge in [0.1, 0.15) is 17.3 Å². The fraction of sp³-hybridized carbons (Fsp3) is 0.200. The number of benzene rings is 1. The molecule has 0 aliphatic carbocycles. The summed E-state index contributed by atoms with van der Waals surface area (Å²) in [7, 11) is 1.67. The summed E-state index contributed by atoms with van der Waals surface area (Å²) in [5, 5.41) is 5.09. The van der Waals surface area contributed by atoms with Crippen LogP contribution in [-0.4, -0.2) is 17.9 Å². The van der Waals surface area contributed by atoms with Gasteiger partial charge in [-0.2, -0.15) is 0 Å². The third kappa shape index (κ3) is 3.16. The Morgan fingerprint density at radius 2 is 1.90 bits per heavy atom. The Hall–Kier alpha value is -2.50. The molecule has 2 rings (SSSR count). The standard InChI is InChI=1S/C15H15F2N3O/c1-8-4-5-11(16)14(13(8)17)20-15(21)10-6-9(2)19-12(7-10)18-3/h4-7H,1-3H3,(H,18,19)(H,20,21). The fourth-order valence-corrected chi connectivity index (χ4v) is 1.88. The van der Waals surface area contributed by atoms with Gasteiger partial charge in [-0.3, -0.25) is 4.79 Å². The average molecular weight is 291 g/mol. The zero-order valence-corrected chi connectivity index (χ0v) is 11.9. The van der Waals surface area contributed by atoms with Crippen molar-refractivity contribution in [2.75, 3.05) is 17.7 Å². The number of carbonyl (C=O) groups excluding carboxylic acids is 1. The van der Waals surface area contributed by atoms with Crippen LogP contribution in [0.3, 0.4) is 0 Å². The minimum Gasteiger partial charge on any atom is -0.373 e. The Bertz CT molecular complexity index is 702. The number of rotatable bonds is 3. The summed E-state index contributed by atoms with van der Waals surface area (Å²) in [5.74, 6) is -1.68. The molecule has 110 valence electrons.